The normalized spacial score (nSPS) is 14.2. The second kappa shape index (κ2) is 39.0. The molecule has 3 atom stereocenters. The summed E-state index contributed by atoms with van der Waals surface area (Å²) in [6.07, 6.45) is 44.7. The number of rotatable bonds is 36. The van der Waals surface area contributed by atoms with Gasteiger partial charge in [0.1, 0.15) is 19.3 Å². The second-order valence-corrected chi connectivity index (χ2v) is 14.6. The molecule has 0 aromatic carbocycles. The fraction of sp³-hybridized carbons (Fsp3) is 0.696. The average Bonchev–Trinajstić information content (AvgIpc) is 3.13. The number of aliphatic hydroxyl groups excluding tert-OH is 3. The molecule has 0 radical (unpaired) electrons. The van der Waals surface area contributed by atoms with E-state index in [4.69, 9.17) is 9.47 Å². The van der Waals surface area contributed by atoms with Gasteiger partial charge in [0.25, 0.3) is 0 Å². The number of carbonyl (C=O) groups excluding carboxylic acids is 2. The van der Waals surface area contributed by atoms with Gasteiger partial charge < -0.3 is 24.8 Å². The fourth-order valence-electron chi connectivity index (χ4n) is 5.60. The second-order valence-electron chi connectivity index (χ2n) is 14.6. The molecule has 0 aliphatic heterocycles. The summed E-state index contributed by atoms with van der Waals surface area (Å²) in [5, 5.41) is 29.9. The van der Waals surface area contributed by atoms with Gasteiger partial charge in [0.15, 0.2) is 0 Å². The zero-order valence-corrected chi connectivity index (χ0v) is 33.9. The van der Waals surface area contributed by atoms with Crippen molar-refractivity contribution in [3.8, 4) is 0 Å². The van der Waals surface area contributed by atoms with Crippen molar-refractivity contribution in [3.63, 3.8) is 0 Å². The lowest BCUT2D eigenvalue weighted by atomic mass is 10.0. The Balaban J connectivity index is 3.68. The van der Waals surface area contributed by atoms with Crippen molar-refractivity contribution in [2.45, 2.75) is 187 Å². The first-order chi connectivity index (χ1) is 25.7. The van der Waals surface area contributed by atoms with Crippen molar-refractivity contribution in [2.24, 2.45) is 5.92 Å². The minimum absolute atomic E-state index is 0.176. The Hall–Kier alpha value is -2.74. The van der Waals surface area contributed by atoms with Crippen molar-refractivity contribution < 1.29 is 34.4 Å². The number of unbranched alkanes of at least 4 members (excludes halogenated alkanes) is 15. The minimum atomic E-state index is -1.04. The van der Waals surface area contributed by atoms with Gasteiger partial charge in [0, 0.05) is 12.8 Å². The summed E-state index contributed by atoms with van der Waals surface area (Å²) in [6.45, 7) is 6.30. The number of ether oxygens (including phenoxy) is 2. The van der Waals surface area contributed by atoms with Gasteiger partial charge in [-0.25, -0.2) is 0 Å². The Bertz CT molecular complexity index is 1020. The van der Waals surface area contributed by atoms with Crippen molar-refractivity contribution in [2.75, 3.05) is 13.2 Å². The quantitative estimate of drug-likeness (QED) is 0.0253. The van der Waals surface area contributed by atoms with Crippen LogP contribution in [0.25, 0.3) is 0 Å². The lowest BCUT2D eigenvalue weighted by Gasteiger charge is -2.12. The Labute approximate surface area is 324 Å². The summed E-state index contributed by atoms with van der Waals surface area (Å²) in [5.41, 5.74) is 0. The SMILES string of the molecule is CC/C=C\C[C@@H](O)/C=C/C=C\C/C=C\C=C\[C@@H](O)/C=C\CCCC(=O)OC[C@@H](O)COC(=O)CCCCCCCCCCCCCCCCCC(C)C. The highest BCUT2D eigenvalue weighted by molar-refractivity contribution is 5.69. The van der Waals surface area contributed by atoms with E-state index in [9.17, 15) is 24.9 Å². The molecule has 0 aromatic rings. The fourth-order valence-corrected chi connectivity index (χ4v) is 5.60. The molecule has 3 N–H and O–H groups in total. The molecule has 0 bridgehead atoms. The molecule has 0 amide bonds. The van der Waals surface area contributed by atoms with E-state index in [1.807, 2.05) is 48.6 Å². The average molecular weight is 743 g/mol. The summed E-state index contributed by atoms with van der Waals surface area (Å²) in [6, 6.07) is 0. The van der Waals surface area contributed by atoms with E-state index in [0.29, 0.717) is 25.7 Å². The molecular formula is C46H78O7. The molecule has 7 nitrogen and oxygen atoms in total. The van der Waals surface area contributed by atoms with Crippen molar-refractivity contribution in [1.29, 1.82) is 0 Å². The van der Waals surface area contributed by atoms with E-state index in [1.165, 1.54) is 83.5 Å². The third-order valence-electron chi connectivity index (χ3n) is 8.81. The Morgan fingerprint density at radius 1 is 0.547 bits per heavy atom. The van der Waals surface area contributed by atoms with Gasteiger partial charge in [-0.2, -0.15) is 0 Å². The largest absolute Gasteiger partial charge is 0.463 e. The Kier molecular flexibility index (Phi) is 37.0. The minimum Gasteiger partial charge on any atom is -0.463 e. The molecule has 7 heteroatoms. The van der Waals surface area contributed by atoms with Crippen LogP contribution in [0.15, 0.2) is 72.9 Å². The lowest BCUT2D eigenvalue weighted by Crippen LogP contribution is -2.25. The van der Waals surface area contributed by atoms with Crippen molar-refractivity contribution >= 4 is 11.9 Å². The van der Waals surface area contributed by atoms with Gasteiger partial charge >= 0.3 is 11.9 Å². The predicted octanol–water partition coefficient (Wildman–Crippen LogP) is 11.1. The summed E-state index contributed by atoms with van der Waals surface area (Å²) in [5.74, 6) is 0.101. The molecule has 0 rings (SSSR count). The van der Waals surface area contributed by atoms with Crippen LogP contribution in [0.5, 0.6) is 0 Å². The van der Waals surface area contributed by atoms with E-state index in [1.54, 1.807) is 24.3 Å². The van der Waals surface area contributed by atoms with Gasteiger partial charge in [0.2, 0.25) is 0 Å². The van der Waals surface area contributed by atoms with Crippen LogP contribution in [-0.4, -0.2) is 58.8 Å². The lowest BCUT2D eigenvalue weighted by molar-refractivity contribution is -0.152. The molecule has 0 heterocycles. The monoisotopic (exact) mass is 743 g/mol. The summed E-state index contributed by atoms with van der Waals surface area (Å²) < 4.78 is 10.3. The predicted molar refractivity (Wildman–Crippen MR) is 221 cm³/mol. The van der Waals surface area contributed by atoms with Crippen LogP contribution in [0, 0.1) is 5.92 Å². The third kappa shape index (κ3) is 40.3. The number of aliphatic hydroxyl groups is 3. The molecule has 304 valence electrons. The molecule has 0 saturated carbocycles. The number of carbonyl (C=O) groups is 2. The highest BCUT2D eigenvalue weighted by Gasteiger charge is 2.12. The number of allylic oxidation sites excluding steroid dienone is 8. The van der Waals surface area contributed by atoms with Crippen LogP contribution < -0.4 is 0 Å². The van der Waals surface area contributed by atoms with Gasteiger partial charge in [0.05, 0.1) is 12.2 Å². The first-order valence-electron chi connectivity index (χ1n) is 21.1. The highest BCUT2D eigenvalue weighted by Crippen LogP contribution is 2.15. The van der Waals surface area contributed by atoms with Gasteiger partial charge in [-0.3, -0.25) is 9.59 Å². The van der Waals surface area contributed by atoms with E-state index >= 15 is 0 Å². The zero-order valence-electron chi connectivity index (χ0n) is 33.9. The zero-order chi connectivity index (χ0) is 39.0. The van der Waals surface area contributed by atoms with Gasteiger partial charge in [-0.15, -0.1) is 0 Å². The molecule has 0 saturated heterocycles. The number of hydrogen-bond acceptors (Lipinski definition) is 7. The Morgan fingerprint density at radius 3 is 1.57 bits per heavy atom. The van der Waals surface area contributed by atoms with Crippen LogP contribution in [0.2, 0.25) is 0 Å². The number of hydrogen-bond donors (Lipinski definition) is 3. The molecular weight excluding hydrogens is 664 g/mol. The van der Waals surface area contributed by atoms with E-state index in [-0.39, 0.29) is 25.6 Å². The maximum absolute atomic E-state index is 12.0. The molecule has 53 heavy (non-hydrogen) atoms. The van der Waals surface area contributed by atoms with Crippen LogP contribution >= 0.6 is 0 Å². The van der Waals surface area contributed by atoms with E-state index in [2.05, 4.69) is 20.8 Å². The Morgan fingerprint density at radius 2 is 1.04 bits per heavy atom. The first-order valence-corrected chi connectivity index (χ1v) is 21.1. The van der Waals surface area contributed by atoms with Crippen LogP contribution in [0.3, 0.4) is 0 Å². The first kappa shape index (κ1) is 50.3. The van der Waals surface area contributed by atoms with Gasteiger partial charge in [-0.1, -0.05) is 190 Å². The van der Waals surface area contributed by atoms with E-state index < -0.39 is 24.3 Å². The topological polar surface area (TPSA) is 113 Å². The van der Waals surface area contributed by atoms with Crippen LogP contribution in [0.1, 0.15) is 168 Å². The maximum atomic E-state index is 12.0. The molecule has 0 unspecified atom stereocenters. The molecule has 0 spiro atoms. The molecule has 0 aliphatic rings. The van der Waals surface area contributed by atoms with Crippen molar-refractivity contribution in [3.05, 3.63) is 72.9 Å². The van der Waals surface area contributed by atoms with Gasteiger partial charge in [-0.05, 0) is 44.4 Å². The van der Waals surface area contributed by atoms with Crippen LogP contribution in [-0.2, 0) is 19.1 Å². The molecule has 0 aromatic heterocycles. The molecule has 0 aliphatic carbocycles. The summed E-state index contributed by atoms with van der Waals surface area (Å²) in [4.78, 5) is 24.0. The highest BCUT2D eigenvalue weighted by atomic mass is 16.6. The standard InChI is InChI=1S/C46H78O7/c1-4-5-25-33-42(47)34-27-21-17-15-18-22-28-35-43(48)36-29-24-31-38-46(51)53-40-44(49)39-52-45(50)37-30-23-19-14-12-10-8-6-7-9-11-13-16-20-26-32-41(2)3/h5,17-18,21-22,25,27-29,34-36,41-44,47-49H,4,6-16,19-20,23-24,26,30-33,37-40H2,1-3H3/b21-17-,22-18-,25-5-,34-27+,35-28+,36-29-/t42-,43-,44+/m1/s1. The number of esters is 2. The van der Waals surface area contributed by atoms with Crippen molar-refractivity contribution in [1.82, 2.24) is 0 Å². The summed E-state index contributed by atoms with van der Waals surface area (Å²) >= 11 is 0. The smallest absolute Gasteiger partial charge is 0.305 e. The van der Waals surface area contributed by atoms with E-state index in [0.717, 1.165) is 38.0 Å². The maximum Gasteiger partial charge on any atom is 0.305 e. The molecule has 0 fully saturated rings. The van der Waals surface area contributed by atoms with Crippen LogP contribution in [0.4, 0.5) is 0 Å². The third-order valence-corrected chi connectivity index (χ3v) is 8.81. The summed E-state index contributed by atoms with van der Waals surface area (Å²) in [7, 11) is 0.